The summed E-state index contributed by atoms with van der Waals surface area (Å²) in [5, 5.41) is 15.7. The van der Waals surface area contributed by atoms with Crippen LogP contribution in [0.1, 0.15) is 23.6 Å². The molecule has 7 heteroatoms. The first-order chi connectivity index (χ1) is 12.6. The smallest absolute Gasteiger partial charge is 0.161 e. The lowest BCUT2D eigenvalue weighted by Crippen LogP contribution is -2.31. The number of halogens is 2. The highest BCUT2D eigenvalue weighted by atomic mass is 35.5. The minimum absolute atomic E-state index is 0. The van der Waals surface area contributed by atoms with Crippen molar-refractivity contribution in [3.05, 3.63) is 59.2 Å². The van der Waals surface area contributed by atoms with Gasteiger partial charge in [0.15, 0.2) is 11.5 Å². The summed E-state index contributed by atoms with van der Waals surface area (Å²) in [6.07, 6.45) is -0.313. The van der Waals surface area contributed by atoms with Crippen LogP contribution in [0.15, 0.2) is 42.5 Å². The molecule has 0 amide bonds. The van der Waals surface area contributed by atoms with Crippen LogP contribution in [0.5, 0.6) is 11.5 Å². The third-order valence-electron chi connectivity index (χ3n) is 3.95. The van der Waals surface area contributed by atoms with Gasteiger partial charge in [0.25, 0.3) is 0 Å². The lowest BCUT2D eigenvalue weighted by Gasteiger charge is -2.13. The van der Waals surface area contributed by atoms with E-state index in [9.17, 15) is 5.11 Å². The molecule has 0 spiro atoms. The lowest BCUT2D eigenvalue weighted by atomic mass is 10.1. The monoisotopic (exact) mass is 430 g/mol. The van der Waals surface area contributed by atoms with Gasteiger partial charge in [-0.15, -0.1) is 24.8 Å². The fourth-order valence-corrected chi connectivity index (χ4v) is 2.62. The molecule has 0 radical (unpaired) electrons. The zero-order valence-electron chi connectivity index (χ0n) is 16.7. The van der Waals surface area contributed by atoms with Crippen molar-refractivity contribution in [2.75, 3.05) is 26.7 Å². The molecule has 5 nitrogen and oxygen atoms in total. The Bertz CT molecular complexity index is 684. The van der Waals surface area contributed by atoms with Crippen molar-refractivity contribution in [2.45, 2.75) is 33.1 Å². The zero-order chi connectivity index (χ0) is 18.8. The van der Waals surface area contributed by atoms with Crippen molar-refractivity contribution in [1.82, 2.24) is 10.6 Å². The van der Waals surface area contributed by atoms with Crippen LogP contribution in [0.3, 0.4) is 0 Å². The zero-order valence-corrected chi connectivity index (χ0v) is 18.4. The molecule has 158 valence electrons. The molecule has 3 N–H and O–H groups in total. The standard InChI is InChI=1S/C21H30N2O3.2ClH/c1-16-5-4-6-19(11-16)15-26-20-8-7-18(12-21(20)25-3)14-23-10-9-22-13-17(2)24;;/h4-8,11-12,17,22-24H,9-10,13-15H2,1-3H3;2*1H. The first kappa shape index (κ1) is 26.5. The molecule has 0 aliphatic heterocycles. The van der Waals surface area contributed by atoms with Crippen molar-refractivity contribution in [3.63, 3.8) is 0 Å². The van der Waals surface area contributed by atoms with Crippen molar-refractivity contribution in [3.8, 4) is 11.5 Å². The fraction of sp³-hybridized carbons (Fsp3) is 0.429. The van der Waals surface area contributed by atoms with Gasteiger partial charge in [-0.05, 0) is 37.1 Å². The van der Waals surface area contributed by atoms with Crippen molar-refractivity contribution >= 4 is 24.8 Å². The molecule has 2 aromatic rings. The van der Waals surface area contributed by atoms with Gasteiger partial charge in [0, 0.05) is 26.2 Å². The number of hydrogen-bond donors (Lipinski definition) is 3. The van der Waals surface area contributed by atoms with E-state index in [2.05, 4.69) is 35.8 Å². The van der Waals surface area contributed by atoms with Crippen LogP contribution >= 0.6 is 24.8 Å². The molecule has 1 atom stereocenters. The molecule has 0 saturated carbocycles. The second kappa shape index (κ2) is 14.5. The van der Waals surface area contributed by atoms with Gasteiger partial charge in [-0.2, -0.15) is 0 Å². The highest BCUT2D eigenvalue weighted by Gasteiger charge is 2.06. The largest absolute Gasteiger partial charge is 0.493 e. The predicted octanol–water partition coefficient (Wildman–Crippen LogP) is 3.49. The van der Waals surface area contributed by atoms with Crippen LogP contribution in [0.4, 0.5) is 0 Å². The van der Waals surface area contributed by atoms with Gasteiger partial charge < -0.3 is 25.2 Å². The lowest BCUT2D eigenvalue weighted by molar-refractivity contribution is 0.191. The quantitative estimate of drug-likeness (QED) is 0.476. The van der Waals surface area contributed by atoms with Gasteiger partial charge >= 0.3 is 0 Å². The predicted molar refractivity (Wildman–Crippen MR) is 119 cm³/mol. The van der Waals surface area contributed by atoms with Crippen molar-refractivity contribution < 1.29 is 14.6 Å². The molecular formula is C21H32Cl2N2O3. The van der Waals surface area contributed by atoms with Crippen molar-refractivity contribution in [2.24, 2.45) is 0 Å². The van der Waals surface area contributed by atoms with Crippen LogP contribution < -0.4 is 20.1 Å². The third-order valence-corrected chi connectivity index (χ3v) is 3.95. The number of ether oxygens (including phenoxy) is 2. The Morgan fingerprint density at radius 3 is 2.39 bits per heavy atom. The van der Waals surface area contributed by atoms with Gasteiger partial charge in [0.2, 0.25) is 0 Å². The van der Waals surface area contributed by atoms with E-state index in [0.29, 0.717) is 13.2 Å². The summed E-state index contributed by atoms with van der Waals surface area (Å²) in [7, 11) is 1.66. The molecule has 0 fully saturated rings. The highest BCUT2D eigenvalue weighted by molar-refractivity contribution is 5.85. The maximum absolute atomic E-state index is 9.19. The number of benzene rings is 2. The number of aliphatic hydroxyl groups is 1. The molecule has 28 heavy (non-hydrogen) atoms. The Morgan fingerprint density at radius 1 is 0.964 bits per heavy atom. The molecule has 0 aromatic heterocycles. The number of rotatable bonds is 11. The molecule has 1 unspecified atom stereocenters. The first-order valence-electron chi connectivity index (χ1n) is 9.03. The number of hydrogen-bond acceptors (Lipinski definition) is 5. The Kier molecular flexibility index (Phi) is 13.7. The molecule has 0 saturated heterocycles. The normalized spacial score (nSPS) is 11.1. The van der Waals surface area contributed by atoms with Gasteiger partial charge in [0.05, 0.1) is 13.2 Å². The summed E-state index contributed by atoms with van der Waals surface area (Å²) in [6.45, 7) is 7.39. The molecule has 0 aliphatic carbocycles. The van der Waals surface area contributed by atoms with Gasteiger partial charge in [-0.25, -0.2) is 0 Å². The van der Waals surface area contributed by atoms with Gasteiger partial charge in [-0.3, -0.25) is 0 Å². The Hall–Kier alpha value is -1.50. The van der Waals surface area contributed by atoms with E-state index in [-0.39, 0.29) is 30.9 Å². The van der Waals surface area contributed by atoms with E-state index >= 15 is 0 Å². The molecule has 0 aliphatic rings. The van der Waals surface area contributed by atoms with Crippen molar-refractivity contribution in [1.29, 1.82) is 0 Å². The molecular weight excluding hydrogens is 399 g/mol. The summed E-state index contributed by atoms with van der Waals surface area (Å²) in [4.78, 5) is 0. The fourth-order valence-electron chi connectivity index (χ4n) is 2.62. The Morgan fingerprint density at radius 2 is 1.71 bits per heavy atom. The summed E-state index contributed by atoms with van der Waals surface area (Å²) >= 11 is 0. The van der Waals surface area contributed by atoms with E-state index < -0.39 is 0 Å². The molecule has 0 bridgehead atoms. The second-order valence-electron chi connectivity index (χ2n) is 6.49. The summed E-state index contributed by atoms with van der Waals surface area (Å²) in [5.41, 5.74) is 3.50. The first-order valence-corrected chi connectivity index (χ1v) is 9.03. The number of aliphatic hydroxyl groups excluding tert-OH is 1. The maximum Gasteiger partial charge on any atom is 0.161 e. The maximum atomic E-state index is 9.19. The third kappa shape index (κ3) is 9.62. The molecule has 0 heterocycles. The summed E-state index contributed by atoms with van der Waals surface area (Å²) < 4.78 is 11.4. The van der Waals surface area contributed by atoms with Crippen LogP contribution in [0, 0.1) is 6.92 Å². The number of aryl methyl sites for hydroxylation is 1. The SMILES string of the molecule is COc1cc(CNCCNCC(C)O)ccc1OCc1cccc(C)c1.Cl.Cl. The second-order valence-corrected chi connectivity index (χ2v) is 6.49. The molecule has 2 aromatic carbocycles. The summed E-state index contributed by atoms with van der Waals surface area (Å²) in [6, 6.07) is 14.3. The average Bonchev–Trinajstić information content (AvgIpc) is 2.63. The van der Waals surface area contributed by atoms with Crippen LogP contribution in [0.25, 0.3) is 0 Å². The molecule has 2 rings (SSSR count). The van der Waals surface area contributed by atoms with E-state index in [0.717, 1.165) is 42.3 Å². The minimum atomic E-state index is -0.313. The van der Waals surface area contributed by atoms with Gasteiger partial charge in [-0.1, -0.05) is 35.9 Å². The Labute approximate surface area is 180 Å². The van der Waals surface area contributed by atoms with Gasteiger partial charge in [0.1, 0.15) is 6.61 Å². The minimum Gasteiger partial charge on any atom is -0.493 e. The van der Waals surface area contributed by atoms with Crippen LogP contribution in [-0.2, 0) is 13.2 Å². The summed E-state index contributed by atoms with van der Waals surface area (Å²) in [5.74, 6) is 1.49. The van der Waals surface area contributed by atoms with E-state index in [1.54, 1.807) is 14.0 Å². The highest BCUT2D eigenvalue weighted by Crippen LogP contribution is 2.28. The van der Waals surface area contributed by atoms with E-state index in [4.69, 9.17) is 9.47 Å². The van der Waals surface area contributed by atoms with Crippen LogP contribution in [-0.4, -0.2) is 38.0 Å². The van der Waals surface area contributed by atoms with E-state index in [1.807, 2.05) is 24.3 Å². The topological polar surface area (TPSA) is 62.8 Å². The number of nitrogens with one attached hydrogen (secondary N) is 2. The number of methoxy groups -OCH3 is 1. The Balaban J connectivity index is 0.00000364. The van der Waals surface area contributed by atoms with Crippen LogP contribution in [0.2, 0.25) is 0 Å². The van der Waals surface area contributed by atoms with E-state index in [1.165, 1.54) is 5.56 Å². The average molecular weight is 431 g/mol.